The van der Waals surface area contributed by atoms with E-state index in [0.29, 0.717) is 18.8 Å². The summed E-state index contributed by atoms with van der Waals surface area (Å²) in [6, 6.07) is 18.6. The lowest BCUT2D eigenvalue weighted by molar-refractivity contribution is -0.124. The molecule has 1 saturated heterocycles. The van der Waals surface area contributed by atoms with E-state index >= 15 is 0 Å². The number of amides is 3. The first-order valence-electron chi connectivity index (χ1n) is 8.79. The van der Waals surface area contributed by atoms with Crippen molar-refractivity contribution in [2.75, 3.05) is 25.0 Å². The molecule has 0 spiro atoms. The summed E-state index contributed by atoms with van der Waals surface area (Å²) >= 11 is 0. The first-order chi connectivity index (χ1) is 12.7. The quantitative estimate of drug-likeness (QED) is 0.868. The molecule has 3 amide bonds. The number of rotatable bonds is 5. The van der Waals surface area contributed by atoms with Gasteiger partial charge in [-0.3, -0.25) is 4.79 Å². The van der Waals surface area contributed by atoms with Crippen molar-refractivity contribution in [2.24, 2.45) is 0 Å². The number of piperidine rings is 1. The molecule has 6 nitrogen and oxygen atoms in total. The fraction of sp³-hybridized carbons (Fsp3) is 0.300. The highest BCUT2D eigenvalue weighted by Crippen LogP contribution is 2.13. The number of likely N-dealkylation sites (tertiary alicyclic amines) is 1. The van der Waals surface area contributed by atoms with Crippen LogP contribution in [-0.2, 0) is 4.79 Å². The Labute approximate surface area is 153 Å². The minimum absolute atomic E-state index is 0.00127. The Balaban J connectivity index is 1.38. The minimum atomic E-state index is -0.138. The number of hydrogen-bond acceptors (Lipinski definition) is 3. The lowest BCUT2D eigenvalue weighted by Crippen LogP contribution is -2.48. The normalized spacial score (nSPS) is 14.5. The van der Waals surface area contributed by atoms with Crippen LogP contribution in [0.25, 0.3) is 0 Å². The summed E-state index contributed by atoms with van der Waals surface area (Å²) in [7, 11) is 0. The molecule has 0 unspecified atom stereocenters. The van der Waals surface area contributed by atoms with Crippen LogP contribution in [0.4, 0.5) is 10.5 Å². The predicted molar refractivity (Wildman–Crippen MR) is 100 cm³/mol. The fourth-order valence-electron chi connectivity index (χ4n) is 2.89. The van der Waals surface area contributed by atoms with Gasteiger partial charge in [0.05, 0.1) is 0 Å². The average molecular weight is 353 g/mol. The molecule has 2 aromatic carbocycles. The molecular weight excluding hydrogens is 330 g/mol. The Morgan fingerprint density at radius 1 is 0.962 bits per heavy atom. The molecule has 0 bridgehead atoms. The molecule has 2 aromatic rings. The molecule has 2 N–H and O–H groups in total. The third-order valence-corrected chi connectivity index (χ3v) is 4.29. The molecule has 0 radical (unpaired) electrons. The van der Waals surface area contributed by atoms with Crippen LogP contribution in [0.2, 0.25) is 0 Å². The average Bonchev–Trinajstić information content (AvgIpc) is 2.68. The number of carbonyl (C=O) groups is 2. The highest BCUT2D eigenvalue weighted by Gasteiger charge is 2.24. The number of urea groups is 1. The molecule has 1 heterocycles. The van der Waals surface area contributed by atoms with Gasteiger partial charge in [-0.05, 0) is 37.1 Å². The van der Waals surface area contributed by atoms with Crippen molar-refractivity contribution in [1.82, 2.24) is 10.2 Å². The summed E-state index contributed by atoms with van der Waals surface area (Å²) in [6.45, 7) is 1.23. The van der Waals surface area contributed by atoms with E-state index in [1.165, 1.54) is 0 Å². The zero-order valence-corrected chi connectivity index (χ0v) is 14.6. The van der Waals surface area contributed by atoms with E-state index in [1.807, 2.05) is 60.7 Å². The van der Waals surface area contributed by atoms with Gasteiger partial charge in [-0.15, -0.1) is 0 Å². The number of ether oxygens (including phenoxy) is 1. The molecule has 26 heavy (non-hydrogen) atoms. The fourth-order valence-corrected chi connectivity index (χ4v) is 2.89. The van der Waals surface area contributed by atoms with Gasteiger partial charge >= 0.3 is 6.03 Å². The van der Waals surface area contributed by atoms with Crippen molar-refractivity contribution in [3.63, 3.8) is 0 Å². The van der Waals surface area contributed by atoms with Crippen LogP contribution >= 0.6 is 0 Å². The molecule has 0 atom stereocenters. The van der Waals surface area contributed by atoms with Gasteiger partial charge in [0.1, 0.15) is 5.75 Å². The van der Waals surface area contributed by atoms with Crippen LogP contribution in [0.5, 0.6) is 5.75 Å². The van der Waals surface area contributed by atoms with Crippen LogP contribution in [0.3, 0.4) is 0 Å². The minimum Gasteiger partial charge on any atom is -0.484 e. The highest BCUT2D eigenvalue weighted by molar-refractivity contribution is 5.89. The second-order valence-electron chi connectivity index (χ2n) is 6.23. The summed E-state index contributed by atoms with van der Waals surface area (Å²) in [5.74, 6) is 0.538. The maximum atomic E-state index is 12.3. The molecule has 0 aromatic heterocycles. The van der Waals surface area contributed by atoms with E-state index in [0.717, 1.165) is 18.5 Å². The summed E-state index contributed by atoms with van der Waals surface area (Å²) < 4.78 is 5.45. The van der Waals surface area contributed by atoms with Crippen LogP contribution in [0, 0.1) is 0 Å². The van der Waals surface area contributed by atoms with Gasteiger partial charge < -0.3 is 20.3 Å². The predicted octanol–water partition coefficient (Wildman–Crippen LogP) is 2.88. The molecule has 0 aliphatic carbocycles. The van der Waals surface area contributed by atoms with E-state index in [1.54, 1.807) is 4.90 Å². The molecule has 1 fully saturated rings. The van der Waals surface area contributed by atoms with Gasteiger partial charge in [-0.25, -0.2) is 4.79 Å². The van der Waals surface area contributed by atoms with E-state index in [2.05, 4.69) is 10.6 Å². The van der Waals surface area contributed by atoms with Gasteiger partial charge in [0.25, 0.3) is 5.91 Å². The Morgan fingerprint density at radius 2 is 1.58 bits per heavy atom. The van der Waals surface area contributed by atoms with E-state index in [-0.39, 0.29) is 24.6 Å². The monoisotopic (exact) mass is 353 g/mol. The molecule has 1 aliphatic rings. The van der Waals surface area contributed by atoms with Crippen molar-refractivity contribution >= 4 is 17.6 Å². The zero-order valence-electron chi connectivity index (χ0n) is 14.6. The van der Waals surface area contributed by atoms with E-state index in [4.69, 9.17) is 4.74 Å². The van der Waals surface area contributed by atoms with Crippen LogP contribution < -0.4 is 15.4 Å². The van der Waals surface area contributed by atoms with Crippen LogP contribution in [-0.4, -0.2) is 42.6 Å². The van der Waals surface area contributed by atoms with Gasteiger partial charge in [0, 0.05) is 24.8 Å². The summed E-state index contributed by atoms with van der Waals surface area (Å²) in [6.07, 6.45) is 1.47. The molecule has 6 heteroatoms. The number of para-hydroxylation sites is 2. The molecule has 3 rings (SSSR count). The largest absolute Gasteiger partial charge is 0.484 e. The number of anilines is 1. The second-order valence-corrected chi connectivity index (χ2v) is 6.23. The smallest absolute Gasteiger partial charge is 0.321 e. The van der Waals surface area contributed by atoms with Crippen molar-refractivity contribution < 1.29 is 14.3 Å². The third kappa shape index (κ3) is 5.24. The molecule has 136 valence electrons. The summed E-state index contributed by atoms with van der Waals surface area (Å²) in [5.41, 5.74) is 0.783. The number of carbonyl (C=O) groups excluding carboxylic acids is 2. The Morgan fingerprint density at radius 3 is 2.23 bits per heavy atom. The highest BCUT2D eigenvalue weighted by atomic mass is 16.5. The first-order valence-corrected chi connectivity index (χ1v) is 8.79. The molecule has 0 saturated carbocycles. The van der Waals surface area contributed by atoms with Gasteiger partial charge in [0.15, 0.2) is 6.61 Å². The van der Waals surface area contributed by atoms with Gasteiger partial charge in [-0.1, -0.05) is 36.4 Å². The Bertz CT molecular complexity index is 714. The topological polar surface area (TPSA) is 70.7 Å². The van der Waals surface area contributed by atoms with Crippen molar-refractivity contribution in [3.8, 4) is 5.75 Å². The summed E-state index contributed by atoms with van der Waals surface area (Å²) in [4.78, 5) is 26.0. The number of nitrogens with one attached hydrogen (secondary N) is 2. The van der Waals surface area contributed by atoms with Crippen molar-refractivity contribution in [1.29, 1.82) is 0 Å². The number of nitrogens with zero attached hydrogens (tertiary/aromatic N) is 1. The van der Waals surface area contributed by atoms with Crippen molar-refractivity contribution in [2.45, 2.75) is 18.9 Å². The van der Waals surface area contributed by atoms with Crippen LogP contribution in [0.1, 0.15) is 12.8 Å². The second kappa shape index (κ2) is 8.89. The first kappa shape index (κ1) is 17.8. The van der Waals surface area contributed by atoms with E-state index < -0.39 is 0 Å². The lowest BCUT2D eigenvalue weighted by atomic mass is 10.1. The van der Waals surface area contributed by atoms with Gasteiger partial charge in [-0.2, -0.15) is 0 Å². The molecule has 1 aliphatic heterocycles. The lowest BCUT2D eigenvalue weighted by Gasteiger charge is -2.32. The van der Waals surface area contributed by atoms with Gasteiger partial charge in [0.2, 0.25) is 0 Å². The number of hydrogen-bond donors (Lipinski definition) is 2. The van der Waals surface area contributed by atoms with E-state index in [9.17, 15) is 9.59 Å². The Kier molecular flexibility index (Phi) is 6.09. The third-order valence-electron chi connectivity index (χ3n) is 4.29. The maximum Gasteiger partial charge on any atom is 0.321 e. The standard InChI is InChI=1S/C20H23N3O3/c24-19(15-26-18-9-5-2-6-10-18)21-17-11-13-23(14-12-17)20(25)22-16-7-3-1-4-8-16/h1-10,17H,11-15H2,(H,21,24)(H,22,25). The zero-order chi connectivity index (χ0) is 18.2. The van der Waals surface area contributed by atoms with Crippen molar-refractivity contribution in [3.05, 3.63) is 60.7 Å². The molecular formula is C20H23N3O3. The number of benzene rings is 2. The van der Waals surface area contributed by atoms with Crippen LogP contribution in [0.15, 0.2) is 60.7 Å². The summed E-state index contributed by atoms with van der Waals surface area (Å²) in [5, 5.41) is 5.86. The Hall–Kier alpha value is -3.02. The maximum absolute atomic E-state index is 12.3. The SMILES string of the molecule is O=C(COc1ccccc1)NC1CCN(C(=O)Nc2ccccc2)CC1.